The highest BCUT2D eigenvalue weighted by atomic mass is 19.3. The number of hydrogen-bond acceptors (Lipinski definition) is 2. The van der Waals surface area contributed by atoms with Crippen molar-refractivity contribution in [3.63, 3.8) is 0 Å². The molecule has 0 fully saturated rings. The zero-order chi connectivity index (χ0) is 17.4. The molecule has 7 heteroatoms. The molecule has 1 aromatic heterocycles. The van der Waals surface area contributed by atoms with Gasteiger partial charge >= 0.3 is 6.03 Å². The molecule has 0 radical (unpaired) electrons. The molecule has 0 aliphatic carbocycles. The van der Waals surface area contributed by atoms with Crippen molar-refractivity contribution >= 4 is 11.8 Å². The Morgan fingerprint density at radius 3 is 2.75 bits per heavy atom. The summed E-state index contributed by atoms with van der Waals surface area (Å²) in [6.07, 6.45) is 1.27. The molecule has 0 spiro atoms. The highest BCUT2D eigenvalue weighted by molar-refractivity contribution is 5.88. The van der Waals surface area contributed by atoms with Crippen molar-refractivity contribution in [3.05, 3.63) is 60.8 Å². The van der Waals surface area contributed by atoms with E-state index in [0.717, 1.165) is 10.2 Å². The molecule has 0 aliphatic rings. The van der Waals surface area contributed by atoms with E-state index in [1.54, 1.807) is 11.0 Å². The summed E-state index contributed by atoms with van der Waals surface area (Å²) in [5, 5.41) is 6.52. The van der Waals surface area contributed by atoms with E-state index in [2.05, 4.69) is 17.0 Å². The van der Waals surface area contributed by atoms with E-state index in [1.165, 1.54) is 12.3 Å². The zero-order valence-electron chi connectivity index (χ0n) is 13.2. The molecule has 2 amide bonds. The Morgan fingerprint density at radius 2 is 2.08 bits per heavy atom. The first kappa shape index (κ1) is 17.7. The maximum absolute atomic E-state index is 12.3. The molecule has 0 unspecified atom stereocenters. The van der Waals surface area contributed by atoms with Crippen molar-refractivity contribution in [2.75, 3.05) is 18.4 Å². The number of amides is 2. The van der Waals surface area contributed by atoms with E-state index in [-0.39, 0.29) is 11.8 Å². The first-order valence-electron chi connectivity index (χ1n) is 7.61. The van der Waals surface area contributed by atoms with Gasteiger partial charge in [0.1, 0.15) is 6.54 Å². The standard InChI is InChI=1S/C17H20F2N4O/c1-2-10-22(11-8-14-6-4-3-5-7-14)17(24)20-16-9-12-23(21-16)13-15(18)19/h2-7,9,12,15H,1,8,10-11,13H2,(H,20,21,24). The molecule has 0 bridgehead atoms. The fraction of sp³-hybridized carbons (Fsp3) is 0.294. The molecule has 0 saturated heterocycles. The lowest BCUT2D eigenvalue weighted by molar-refractivity contribution is 0.122. The van der Waals surface area contributed by atoms with Gasteiger partial charge in [0.15, 0.2) is 5.82 Å². The molecule has 24 heavy (non-hydrogen) atoms. The Hall–Kier alpha value is -2.70. The van der Waals surface area contributed by atoms with Gasteiger partial charge in [0.2, 0.25) is 0 Å². The maximum atomic E-state index is 12.3. The third-order valence-corrected chi connectivity index (χ3v) is 3.35. The van der Waals surface area contributed by atoms with Crippen LogP contribution in [0.4, 0.5) is 19.4 Å². The van der Waals surface area contributed by atoms with Crippen LogP contribution in [0.25, 0.3) is 0 Å². The quantitative estimate of drug-likeness (QED) is 0.752. The molecular formula is C17H20F2N4O. The van der Waals surface area contributed by atoms with Gasteiger partial charge in [0, 0.05) is 25.4 Å². The third-order valence-electron chi connectivity index (χ3n) is 3.35. The van der Waals surface area contributed by atoms with Crippen LogP contribution in [0.15, 0.2) is 55.3 Å². The number of aromatic nitrogens is 2. The largest absolute Gasteiger partial charge is 0.323 e. The number of carbonyl (C=O) groups is 1. The van der Waals surface area contributed by atoms with Crippen molar-refractivity contribution < 1.29 is 13.6 Å². The number of nitrogens with zero attached hydrogens (tertiary/aromatic N) is 3. The fourth-order valence-corrected chi connectivity index (χ4v) is 2.20. The molecule has 5 nitrogen and oxygen atoms in total. The SMILES string of the molecule is C=CCN(CCc1ccccc1)C(=O)Nc1ccn(CC(F)F)n1. The van der Waals surface area contributed by atoms with E-state index >= 15 is 0 Å². The van der Waals surface area contributed by atoms with E-state index in [4.69, 9.17) is 0 Å². The second-order valence-corrected chi connectivity index (χ2v) is 5.21. The molecule has 1 heterocycles. The Morgan fingerprint density at radius 1 is 1.33 bits per heavy atom. The highest BCUT2D eigenvalue weighted by Gasteiger charge is 2.14. The number of carbonyl (C=O) groups excluding carboxylic acids is 1. The number of anilines is 1. The van der Waals surface area contributed by atoms with Crippen LogP contribution in [0, 0.1) is 0 Å². The Bertz CT molecular complexity index is 658. The number of alkyl halides is 2. The third kappa shape index (κ3) is 5.49. The van der Waals surface area contributed by atoms with E-state index in [0.29, 0.717) is 19.5 Å². The summed E-state index contributed by atoms with van der Waals surface area (Å²) in [5.74, 6) is 0.245. The van der Waals surface area contributed by atoms with Crippen LogP contribution in [0.2, 0.25) is 0 Å². The lowest BCUT2D eigenvalue weighted by atomic mass is 10.1. The van der Waals surface area contributed by atoms with E-state index < -0.39 is 13.0 Å². The predicted molar refractivity (Wildman–Crippen MR) is 89.2 cm³/mol. The van der Waals surface area contributed by atoms with Gasteiger partial charge in [-0.15, -0.1) is 6.58 Å². The Kier molecular flexibility index (Phi) is 6.48. The number of rotatable bonds is 8. The molecule has 2 rings (SSSR count). The lowest BCUT2D eigenvalue weighted by Gasteiger charge is -2.21. The van der Waals surface area contributed by atoms with Crippen molar-refractivity contribution in [3.8, 4) is 0 Å². The van der Waals surface area contributed by atoms with Gasteiger partial charge in [0.25, 0.3) is 6.43 Å². The van der Waals surface area contributed by atoms with Gasteiger partial charge in [-0.2, -0.15) is 5.10 Å². The molecular weight excluding hydrogens is 314 g/mol. The minimum absolute atomic E-state index is 0.245. The molecule has 2 aromatic rings. The normalized spacial score (nSPS) is 10.6. The second-order valence-electron chi connectivity index (χ2n) is 5.21. The predicted octanol–water partition coefficient (Wildman–Crippen LogP) is 3.41. The molecule has 1 N–H and O–H groups in total. The van der Waals surface area contributed by atoms with Gasteiger partial charge in [-0.3, -0.25) is 10.00 Å². The summed E-state index contributed by atoms with van der Waals surface area (Å²) >= 11 is 0. The van der Waals surface area contributed by atoms with Crippen LogP contribution in [-0.2, 0) is 13.0 Å². The summed E-state index contributed by atoms with van der Waals surface area (Å²) in [6.45, 7) is 4.06. The molecule has 128 valence electrons. The summed E-state index contributed by atoms with van der Waals surface area (Å²) in [5.41, 5.74) is 1.13. The first-order valence-corrected chi connectivity index (χ1v) is 7.61. The highest BCUT2D eigenvalue weighted by Crippen LogP contribution is 2.08. The summed E-state index contributed by atoms with van der Waals surface area (Å²) in [7, 11) is 0. The van der Waals surface area contributed by atoms with Crippen LogP contribution in [0.1, 0.15) is 5.56 Å². The van der Waals surface area contributed by atoms with E-state index in [9.17, 15) is 13.6 Å². The Balaban J connectivity index is 1.93. The van der Waals surface area contributed by atoms with Gasteiger partial charge in [-0.05, 0) is 12.0 Å². The Labute approximate surface area is 139 Å². The van der Waals surface area contributed by atoms with Crippen LogP contribution in [0.5, 0.6) is 0 Å². The summed E-state index contributed by atoms with van der Waals surface area (Å²) in [6, 6.07) is 11.0. The van der Waals surface area contributed by atoms with Crippen LogP contribution in [0.3, 0.4) is 0 Å². The monoisotopic (exact) mass is 334 g/mol. The van der Waals surface area contributed by atoms with Crippen LogP contribution >= 0.6 is 0 Å². The zero-order valence-corrected chi connectivity index (χ0v) is 13.2. The van der Waals surface area contributed by atoms with Crippen molar-refractivity contribution in [2.45, 2.75) is 19.4 Å². The minimum atomic E-state index is -2.49. The smallest absolute Gasteiger partial charge is 0.320 e. The van der Waals surface area contributed by atoms with Gasteiger partial charge in [0.05, 0.1) is 0 Å². The molecule has 1 aromatic carbocycles. The van der Waals surface area contributed by atoms with Gasteiger partial charge < -0.3 is 4.90 Å². The van der Waals surface area contributed by atoms with Gasteiger partial charge in [-0.1, -0.05) is 36.4 Å². The fourth-order valence-electron chi connectivity index (χ4n) is 2.20. The maximum Gasteiger partial charge on any atom is 0.323 e. The van der Waals surface area contributed by atoms with Gasteiger partial charge in [-0.25, -0.2) is 13.6 Å². The number of benzene rings is 1. The second kappa shape index (κ2) is 8.81. The van der Waals surface area contributed by atoms with Crippen molar-refractivity contribution in [1.82, 2.24) is 14.7 Å². The lowest BCUT2D eigenvalue weighted by Crippen LogP contribution is -2.36. The number of urea groups is 1. The summed E-state index contributed by atoms with van der Waals surface area (Å²) in [4.78, 5) is 13.9. The average molecular weight is 334 g/mol. The average Bonchev–Trinajstić information content (AvgIpc) is 2.98. The molecule has 0 saturated carbocycles. The first-order chi connectivity index (χ1) is 11.6. The number of nitrogens with one attached hydrogen (secondary N) is 1. The molecule has 0 atom stereocenters. The topological polar surface area (TPSA) is 50.2 Å². The van der Waals surface area contributed by atoms with Crippen molar-refractivity contribution in [1.29, 1.82) is 0 Å². The van der Waals surface area contributed by atoms with E-state index in [1.807, 2.05) is 30.3 Å². The minimum Gasteiger partial charge on any atom is -0.320 e. The number of halogens is 2. The molecule has 0 aliphatic heterocycles. The number of hydrogen-bond donors (Lipinski definition) is 1. The van der Waals surface area contributed by atoms with Crippen LogP contribution < -0.4 is 5.32 Å². The van der Waals surface area contributed by atoms with Crippen molar-refractivity contribution in [2.24, 2.45) is 0 Å². The van der Waals surface area contributed by atoms with Crippen LogP contribution in [-0.4, -0.2) is 40.2 Å². The summed E-state index contributed by atoms with van der Waals surface area (Å²) < 4.78 is 25.7.